The number of hydrogen-bond donors (Lipinski definition) is 1. The number of fused-ring (bicyclic) bond motifs is 2. The van der Waals surface area contributed by atoms with E-state index >= 15 is 0 Å². The lowest BCUT2D eigenvalue weighted by molar-refractivity contribution is 0.0817. The van der Waals surface area contributed by atoms with E-state index in [1.165, 1.54) is 6.08 Å². The molecule has 1 unspecified atom stereocenters. The van der Waals surface area contributed by atoms with Gasteiger partial charge in [0.2, 0.25) is 0 Å². The molecule has 2 aromatic rings. The fraction of sp³-hybridized carbons (Fsp3) is 0.0769. The van der Waals surface area contributed by atoms with Gasteiger partial charge in [-0.1, -0.05) is 29.8 Å². The molecule has 0 saturated heterocycles. The lowest BCUT2D eigenvalue weighted by atomic mass is 9.96. The number of aliphatic hydroxyl groups excluding tert-OH is 1. The second-order valence-corrected chi connectivity index (χ2v) is 4.31. The number of carbonyl (C=O) groups is 1. The molecule has 1 atom stereocenters. The molecular weight excluding hydrogens is 238 g/mol. The van der Waals surface area contributed by atoms with Crippen molar-refractivity contribution in [2.45, 2.75) is 6.10 Å². The maximum atomic E-state index is 11.8. The van der Waals surface area contributed by atoms with Crippen LogP contribution in [0.3, 0.4) is 0 Å². The van der Waals surface area contributed by atoms with Gasteiger partial charge in [0.1, 0.15) is 6.10 Å². The summed E-state index contributed by atoms with van der Waals surface area (Å²) in [5.74, 6) is -0.359. The van der Waals surface area contributed by atoms with Crippen molar-refractivity contribution in [2.75, 3.05) is 0 Å². The number of hydrogen-bond acceptors (Lipinski definition) is 3. The summed E-state index contributed by atoms with van der Waals surface area (Å²) < 4.78 is 0. The number of halogens is 1. The second-order valence-electron chi connectivity index (χ2n) is 3.90. The quantitative estimate of drug-likeness (QED) is 0.775. The molecule has 1 aliphatic carbocycles. The van der Waals surface area contributed by atoms with E-state index in [1.807, 2.05) is 24.3 Å². The summed E-state index contributed by atoms with van der Waals surface area (Å²) in [6.45, 7) is 0. The van der Waals surface area contributed by atoms with Gasteiger partial charge in [0.15, 0.2) is 5.78 Å². The van der Waals surface area contributed by atoms with E-state index in [0.29, 0.717) is 16.3 Å². The molecule has 0 aliphatic heterocycles. The standard InChI is InChI=1S/C13H8ClNO2/c14-9-6-11(16)13(17)8-5-7-3-1-2-4-10(7)15-12(8)9/h1-6,11,16H. The van der Waals surface area contributed by atoms with E-state index in [9.17, 15) is 9.90 Å². The summed E-state index contributed by atoms with van der Waals surface area (Å²) in [5, 5.41) is 10.7. The lowest BCUT2D eigenvalue weighted by Gasteiger charge is -2.16. The number of aliphatic hydroxyl groups is 1. The van der Waals surface area contributed by atoms with Gasteiger partial charge in [-0.2, -0.15) is 0 Å². The van der Waals surface area contributed by atoms with Crippen molar-refractivity contribution in [3.05, 3.63) is 47.7 Å². The van der Waals surface area contributed by atoms with Gasteiger partial charge in [-0.25, -0.2) is 4.98 Å². The molecule has 1 N–H and O–H groups in total. The first-order chi connectivity index (χ1) is 8.16. The molecule has 0 radical (unpaired) electrons. The Morgan fingerprint density at radius 2 is 2.06 bits per heavy atom. The van der Waals surface area contributed by atoms with Crippen molar-refractivity contribution >= 4 is 33.3 Å². The van der Waals surface area contributed by atoms with Gasteiger partial charge in [-0.15, -0.1) is 0 Å². The van der Waals surface area contributed by atoms with Gasteiger partial charge < -0.3 is 5.11 Å². The molecule has 0 spiro atoms. The van der Waals surface area contributed by atoms with Gasteiger partial charge in [0, 0.05) is 10.9 Å². The molecule has 1 aromatic carbocycles. The zero-order valence-electron chi connectivity index (χ0n) is 8.72. The number of nitrogens with zero attached hydrogens (tertiary/aromatic N) is 1. The first kappa shape index (κ1) is 10.4. The van der Waals surface area contributed by atoms with Gasteiger partial charge in [0.25, 0.3) is 0 Å². The molecule has 4 heteroatoms. The number of carbonyl (C=O) groups excluding carboxylic acids is 1. The summed E-state index contributed by atoms with van der Waals surface area (Å²) in [4.78, 5) is 16.2. The number of aromatic nitrogens is 1. The minimum atomic E-state index is -1.17. The highest BCUT2D eigenvalue weighted by Gasteiger charge is 2.26. The maximum absolute atomic E-state index is 11.8. The van der Waals surface area contributed by atoms with E-state index in [0.717, 1.165) is 10.9 Å². The van der Waals surface area contributed by atoms with Gasteiger partial charge in [0.05, 0.1) is 16.2 Å². The van der Waals surface area contributed by atoms with Crippen LogP contribution in [0.1, 0.15) is 16.1 Å². The predicted octanol–water partition coefficient (Wildman–Crippen LogP) is 2.37. The zero-order chi connectivity index (χ0) is 12.0. The van der Waals surface area contributed by atoms with Crippen molar-refractivity contribution in [2.24, 2.45) is 0 Å². The Bertz CT molecular complexity index is 664. The largest absolute Gasteiger partial charge is 0.381 e. The highest BCUT2D eigenvalue weighted by Crippen LogP contribution is 2.30. The average Bonchev–Trinajstić information content (AvgIpc) is 2.34. The molecule has 17 heavy (non-hydrogen) atoms. The Morgan fingerprint density at radius 1 is 1.29 bits per heavy atom. The molecular formula is C13H8ClNO2. The molecule has 3 rings (SSSR count). The number of para-hydroxylation sites is 1. The van der Waals surface area contributed by atoms with Gasteiger partial charge in [-0.05, 0) is 18.2 Å². The molecule has 1 heterocycles. The fourth-order valence-corrected chi connectivity index (χ4v) is 2.20. The van der Waals surface area contributed by atoms with E-state index in [-0.39, 0.29) is 5.78 Å². The number of benzene rings is 1. The Hall–Kier alpha value is -1.71. The Kier molecular flexibility index (Phi) is 2.24. The third kappa shape index (κ3) is 1.55. The Balaban J connectivity index is 2.36. The number of pyridine rings is 1. The molecule has 3 nitrogen and oxygen atoms in total. The van der Waals surface area contributed by atoms with Crippen molar-refractivity contribution < 1.29 is 9.90 Å². The monoisotopic (exact) mass is 245 g/mol. The zero-order valence-corrected chi connectivity index (χ0v) is 9.48. The summed E-state index contributed by atoms with van der Waals surface area (Å²) >= 11 is 5.99. The van der Waals surface area contributed by atoms with Crippen molar-refractivity contribution in [1.29, 1.82) is 0 Å². The lowest BCUT2D eigenvalue weighted by Crippen LogP contribution is -2.23. The Morgan fingerprint density at radius 3 is 2.88 bits per heavy atom. The summed E-state index contributed by atoms with van der Waals surface area (Å²) in [6.07, 6.45) is 0.145. The van der Waals surface area contributed by atoms with E-state index in [4.69, 9.17) is 11.6 Å². The number of Topliss-reactive ketones (excluding diaryl/α,β-unsaturated/α-hetero) is 1. The van der Waals surface area contributed by atoms with Crippen molar-refractivity contribution in [3.8, 4) is 0 Å². The second kappa shape index (κ2) is 3.65. The van der Waals surface area contributed by atoms with Crippen LogP contribution in [0.5, 0.6) is 0 Å². The topological polar surface area (TPSA) is 50.2 Å². The third-order valence-electron chi connectivity index (χ3n) is 2.79. The fourth-order valence-electron chi connectivity index (χ4n) is 1.94. The molecule has 84 valence electrons. The summed E-state index contributed by atoms with van der Waals surface area (Å²) in [7, 11) is 0. The molecule has 0 saturated carbocycles. The van der Waals surface area contributed by atoms with Crippen molar-refractivity contribution in [3.63, 3.8) is 0 Å². The molecule has 1 aromatic heterocycles. The summed E-state index contributed by atoms with van der Waals surface area (Å²) in [5.41, 5.74) is 1.60. The first-order valence-corrected chi connectivity index (χ1v) is 5.54. The van der Waals surface area contributed by atoms with Gasteiger partial charge in [-0.3, -0.25) is 4.79 Å². The van der Waals surface area contributed by atoms with Crippen molar-refractivity contribution in [1.82, 2.24) is 4.98 Å². The van der Waals surface area contributed by atoms with Crippen LogP contribution in [0.2, 0.25) is 0 Å². The van der Waals surface area contributed by atoms with Crippen LogP contribution in [0, 0.1) is 0 Å². The minimum Gasteiger partial charge on any atom is -0.381 e. The average molecular weight is 246 g/mol. The highest BCUT2D eigenvalue weighted by molar-refractivity contribution is 6.50. The van der Waals surface area contributed by atoms with Crippen LogP contribution < -0.4 is 0 Å². The van der Waals surface area contributed by atoms with Crippen LogP contribution in [0.4, 0.5) is 0 Å². The number of rotatable bonds is 0. The van der Waals surface area contributed by atoms with Gasteiger partial charge >= 0.3 is 0 Å². The Labute approximate surface area is 102 Å². The SMILES string of the molecule is O=C1c2cc3ccccc3nc2C(Cl)=CC1O. The van der Waals surface area contributed by atoms with Crippen LogP contribution in [-0.2, 0) is 0 Å². The van der Waals surface area contributed by atoms with E-state index < -0.39 is 6.10 Å². The van der Waals surface area contributed by atoms with Crippen LogP contribution >= 0.6 is 11.6 Å². The minimum absolute atomic E-state index is 0.317. The molecule has 1 aliphatic rings. The number of ketones is 1. The maximum Gasteiger partial charge on any atom is 0.197 e. The molecule has 0 amide bonds. The van der Waals surface area contributed by atoms with E-state index in [1.54, 1.807) is 6.07 Å². The van der Waals surface area contributed by atoms with Crippen LogP contribution in [0.15, 0.2) is 36.4 Å². The normalized spacial score (nSPS) is 19.1. The highest BCUT2D eigenvalue weighted by atomic mass is 35.5. The third-order valence-corrected chi connectivity index (χ3v) is 3.09. The summed E-state index contributed by atoms with van der Waals surface area (Å²) in [6, 6.07) is 9.19. The van der Waals surface area contributed by atoms with E-state index in [2.05, 4.69) is 4.98 Å². The first-order valence-electron chi connectivity index (χ1n) is 5.16. The van der Waals surface area contributed by atoms with Crippen LogP contribution in [0.25, 0.3) is 15.9 Å². The molecule has 0 bridgehead atoms. The van der Waals surface area contributed by atoms with Crippen LogP contribution in [-0.4, -0.2) is 22.0 Å². The smallest absolute Gasteiger partial charge is 0.197 e. The molecule has 0 fully saturated rings. The predicted molar refractivity (Wildman–Crippen MR) is 65.9 cm³/mol.